The van der Waals surface area contributed by atoms with E-state index in [9.17, 15) is 8.42 Å². The molecule has 0 aliphatic carbocycles. The standard InChI is InChI=1S/C14H26N4O3S/c1-3-15-14(16-6-7-17-22(2,19)20)18-8-10-11(9-18)13-5-4-12(10)21-13/h10-13,17H,3-9H2,1-2H3,(H,15,16). The first-order valence-corrected chi connectivity index (χ1v) is 10.0. The number of guanidine groups is 1. The molecule has 3 aliphatic rings. The zero-order chi connectivity index (χ0) is 15.7. The number of nitrogens with one attached hydrogen (secondary N) is 2. The molecule has 126 valence electrons. The summed E-state index contributed by atoms with van der Waals surface area (Å²) in [6.45, 7) is 5.64. The molecule has 3 saturated heterocycles. The molecule has 0 amide bonds. The minimum Gasteiger partial charge on any atom is -0.374 e. The lowest BCUT2D eigenvalue weighted by Crippen LogP contribution is -2.41. The van der Waals surface area contributed by atoms with Crippen molar-refractivity contribution in [3.8, 4) is 0 Å². The molecule has 3 fully saturated rings. The number of ether oxygens (including phenoxy) is 1. The van der Waals surface area contributed by atoms with Crippen molar-refractivity contribution in [2.45, 2.75) is 32.0 Å². The fourth-order valence-electron chi connectivity index (χ4n) is 3.95. The first-order chi connectivity index (χ1) is 10.5. The van der Waals surface area contributed by atoms with Crippen LogP contribution in [0.4, 0.5) is 0 Å². The second kappa shape index (κ2) is 6.33. The summed E-state index contributed by atoms with van der Waals surface area (Å²) in [5.74, 6) is 2.17. The van der Waals surface area contributed by atoms with E-state index in [2.05, 4.69) is 19.9 Å². The van der Waals surface area contributed by atoms with Gasteiger partial charge in [0.2, 0.25) is 10.0 Å². The zero-order valence-corrected chi connectivity index (χ0v) is 14.1. The number of nitrogens with zero attached hydrogens (tertiary/aromatic N) is 2. The van der Waals surface area contributed by atoms with E-state index in [0.29, 0.717) is 37.1 Å². The second-order valence-electron chi connectivity index (χ2n) is 6.43. The van der Waals surface area contributed by atoms with Gasteiger partial charge in [-0.15, -0.1) is 0 Å². The van der Waals surface area contributed by atoms with Gasteiger partial charge in [-0.25, -0.2) is 13.1 Å². The number of hydrogen-bond donors (Lipinski definition) is 2. The maximum absolute atomic E-state index is 11.1. The van der Waals surface area contributed by atoms with Crippen LogP contribution in [0.5, 0.6) is 0 Å². The van der Waals surface area contributed by atoms with Crippen molar-refractivity contribution in [1.82, 2.24) is 14.9 Å². The van der Waals surface area contributed by atoms with Crippen LogP contribution in [-0.4, -0.2) is 70.5 Å². The van der Waals surface area contributed by atoms with Crippen LogP contribution < -0.4 is 10.0 Å². The van der Waals surface area contributed by atoms with E-state index in [-0.39, 0.29) is 0 Å². The van der Waals surface area contributed by atoms with Gasteiger partial charge in [0, 0.05) is 38.0 Å². The average molecular weight is 330 g/mol. The highest BCUT2D eigenvalue weighted by Crippen LogP contribution is 2.47. The van der Waals surface area contributed by atoms with Gasteiger partial charge in [0.15, 0.2) is 5.96 Å². The third-order valence-corrected chi connectivity index (χ3v) is 5.55. The molecule has 4 unspecified atom stereocenters. The van der Waals surface area contributed by atoms with Gasteiger partial charge < -0.3 is 15.0 Å². The van der Waals surface area contributed by atoms with Crippen LogP contribution in [0.3, 0.4) is 0 Å². The van der Waals surface area contributed by atoms with Crippen molar-refractivity contribution in [3.05, 3.63) is 0 Å². The Labute approximate surface area is 132 Å². The number of likely N-dealkylation sites (tertiary alicyclic amines) is 1. The van der Waals surface area contributed by atoms with E-state index in [1.165, 1.54) is 19.1 Å². The normalized spacial score (nSPS) is 34.3. The Kier molecular flexibility index (Phi) is 4.61. The smallest absolute Gasteiger partial charge is 0.208 e. The molecule has 0 saturated carbocycles. The molecule has 3 aliphatic heterocycles. The molecule has 0 radical (unpaired) electrons. The monoisotopic (exact) mass is 330 g/mol. The Hall–Kier alpha value is -0.860. The van der Waals surface area contributed by atoms with Gasteiger partial charge in [0.1, 0.15) is 0 Å². The number of fused-ring (bicyclic) bond motifs is 5. The molecule has 0 spiro atoms. The number of aliphatic imine (C=N–C) groups is 1. The third-order valence-electron chi connectivity index (χ3n) is 4.82. The molecule has 22 heavy (non-hydrogen) atoms. The van der Waals surface area contributed by atoms with Crippen LogP contribution in [0, 0.1) is 11.8 Å². The quantitative estimate of drug-likeness (QED) is 0.408. The molecule has 3 rings (SSSR count). The van der Waals surface area contributed by atoms with E-state index < -0.39 is 10.0 Å². The molecule has 0 aromatic rings. The first-order valence-electron chi connectivity index (χ1n) is 8.11. The fourth-order valence-corrected chi connectivity index (χ4v) is 4.41. The second-order valence-corrected chi connectivity index (χ2v) is 8.26. The van der Waals surface area contributed by atoms with E-state index in [1.807, 2.05) is 6.92 Å². The van der Waals surface area contributed by atoms with E-state index in [0.717, 1.165) is 25.6 Å². The summed E-state index contributed by atoms with van der Waals surface area (Å²) in [5, 5.41) is 3.32. The molecule has 2 N–H and O–H groups in total. The van der Waals surface area contributed by atoms with Crippen molar-refractivity contribution in [1.29, 1.82) is 0 Å². The highest BCUT2D eigenvalue weighted by atomic mass is 32.2. The van der Waals surface area contributed by atoms with Crippen molar-refractivity contribution in [2.24, 2.45) is 16.8 Å². The molecule has 0 aromatic carbocycles. The van der Waals surface area contributed by atoms with Gasteiger partial charge >= 0.3 is 0 Å². The van der Waals surface area contributed by atoms with Gasteiger partial charge in [-0.1, -0.05) is 0 Å². The van der Waals surface area contributed by atoms with Crippen LogP contribution in [0.2, 0.25) is 0 Å². The Balaban J connectivity index is 1.57. The molecule has 7 nitrogen and oxygen atoms in total. The maximum Gasteiger partial charge on any atom is 0.208 e. The summed E-state index contributed by atoms with van der Waals surface area (Å²) in [4.78, 5) is 6.87. The minimum atomic E-state index is -3.14. The maximum atomic E-state index is 11.1. The fraction of sp³-hybridized carbons (Fsp3) is 0.929. The van der Waals surface area contributed by atoms with Crippen molar-refractivity contribution in [3.63, 3.8) is 0 Å². The molecule has 4 atom stereocenters. The van der Waals surface area contributed by atoms with E-state index in [1.54, 1.807) is 0 Å². The molecular weight excluding hydrogens is 304 g/mol. The zero-order valence-electron chi connectivity index (χ0n) is 13.3. The molecule has 0 aromatic heterocycles. The molecular formula is C14H26N4O3S. The Morgan fingerprint density at radius 3 is 2.45 bits per heavy atom. The van der Waals surface area contributed by atoms with E-state index >= 15 is 0 Å². The summed E-state index contributed by atoms with van der Waals surface area (Å²) in [6, 6.07) is 0. The van der Waals surface area contributed by atoms with Crippen LogP contribution in [0.25, 0.3) is 0 Å². The largest absolute Gasteiger partial charge is 0.374 e. The molecule has 2 bridgehead atoms. The summed E-state index contributed by atoms with van der Waals surface area (Å²) in [6.07, 6.45) is 4.45. The van der Waals surface area contributed by atoms with Crippen LogP contribution in [0.15, 0.2) is 4.99 Å². The number of sulfonamides is 1. The average Bonchev–Trinajstić information content (AvgIpc) is 3.11. The van der Waals surface area contributed by atoms with Crippen LogP contribution in [-0.2, 0) is 14.8 Å². The lowest BCUT2D eigenvalue weighted by Gasteiger charge is -2.23. The van der Waals surface area contributed by atoms with Crippen molar-refractivity contribution >= 4 is 16.0 Å². The Bertz CT molecular complexity index is 518. The first kappa shape index (κ1) is 16.0. The van der Waals surface area contributed by atoms with E-state index in [4.69, 9.17) is 4.74 Å². The topological polar surface area (TPSA) is 83.0 Å². The Morgan fingerprint density at radius 1 is 1.27 bits per heavy atom. The summed E-state index contributed by atoms with van der Waals surface area (Å²) in [5.41, 5.74) is 0. The van der Waals surface area contributed by atoms with Crippen LogP contribution >= 0.6 is 0 Å². The van der Waals surface area contributed by atoms with Gasteiger partial charge in [-0.05, 0) is 19.8 Å². The molecule has 8 heteroatoms. The van der Waals surface area contributed by atoms with Crippen LogP contribution in [0.1, 0.15) is 19.8 Å². The summed E-state index contributed by atoms with van der Waals surface area (Å²) in [7, 11) is -3.14. The van der Waals surface area contributed by atoms with Gasteiger partial charge in [-0.3, -0.25) is 4.99 Å². The predicted octanol–water partition coefficient (Wildman–Crippen LogP) is -0.390. The number of hydrogen-bond acceptors (Lipinski definition) is 4. The van der Waals surface area contributed by atoms with Gasteiger partial charge in [0.05, 0.1) is 25.0 Å². The highest BCUT2D eigenvalue weighted by Gasteiger charge is 2.53. The minimum absolute atomic E-state index is 0.336. The lowest BCUT2D eigenvalue weighted by atomic mass is 9.82. The van der Waals surface area contributed by atoms with Gasteiger partial charge in [0.25, 0.3) is 0 Å². The van der Waals surface area contributed by atoms with Crippen molar-refractivity contribution < 1.29 is 13.2 Å². The lowest BCUT2D eigenvalue weighted by molar-refractivity contribution is 0.0767. The SMILES string of the molecule is CCNC(=NCCNS(C)(=O)=O)N1CC2C3CCC(O3)C2C1. The molecule has 3 heterocycles. The highest BCUT2D eigenvalue weighted by molar-refractivity contribution is 7.88. The Morgan fingerprint density at radius 2 is 1.91 bits per heavy atom. The summed E-state index contributed by atoms with van der Waals surface area (Å²) < 4.78 is 30.6. The number of rotatable bonds is 5. The predicted molar refractivity (Wildman–Crippen MR) is 85.3 cm³/mol. The van der Waals surface area contributed by atoms with Gasteiger partial charge in [-0.2, -0.15) is 0 Å². The van der Waals surface area contributed by atoms with Crippen molar-refractivity contribution in [2.75, 3.05) is 39.0 Å². The summed E-state index contributed by atoms with van der Waals surface area (Å²) >= 11 is 0. The third kappa shape index (κ3) is 3.38.